The maximum Gasteiger partial charge on any atom is 0.405 e. The second-order valence-corrected chi connectivity index (χ2v) is 5.03. The number of methoxy groups -OCH3 is 1. The zero-order chi connectivity index (χ0) is 15.9. The van der Waals surface area contributed by atoms with Crippen molar-refractivity contribution in [2.24, 2.45) is 0 Å². The van der Waals surface area contributed by atoms with E-state index in [-0.39, 0.29) is 6.04 Å². The summed E-state index contributed by atoms with van der Waals surface area (Å²) in [5, 5.41) is 3.15. The summed E-state index contributed by atoms with van der Waals surface area (Å²) < 4.78 is 42.6. The van der Waals surface area contributed by atoms with Crippen molar-refractivity contribution in [2.75, 3.05) is 31.7 Å². The minimum atomic E-state index is -4.24. The molecule has 0 radical (unpaired) electrons. The molecule has 1 rings (SSSR count). The molecule has 0 aliphatic rings. The number of pyridine rings is 1. The predicted octanol–water partition coefficient (Wildman–Crippen LogP) is 2.59. The summed E-state index contributed by atoms with van der Waals surface area (Å²) >= 11 is 0. The number of alkyl halides is 3. The van der Waals surface area contributed by atoms with E-state index in [1.807, 2.05) is 0 Å². The summed E-state index contributed by atoms with van der Waals surface area (Å²) in [6.07, 6.45) is -2.65. The van der Waals surface area contributed by atoms with Crippen LogP contribution in [0, 0.1) is 0 Å². The monoisotopic (exact) mass is 305 g/mol. The smallest absolute Gasteiger partial charge is 0.383 e. The van der Waals surface area contributed by atoms with Crippen LogP contribution in [0.3, 0.4) is 0 Å². The topological polar surface area (TPSA) is 37.4 Å². The first-order valence-electron chi connectivity index (χ1n) is 6.81. The number of ether oxygens (including phenoxy) is 1. The zero-order valence-corrected chi connectivity index (χ0v) is 12.6. The highest BCUT2D eigenvalue weighted by atomic mass is 19.4. The van der Waals surface area contributed by atoms with Gasteiger partial charge in [-0.15, -0.1) is 0 Å². The highest BCUT2D eigenvalue weighted by molar-refractivity contribution is 5.40. The first-order valence-corrected chi connectivity index (χ1v) is 6.81. The normalized spacial score (nSPS) is 12.0. The van der Waals surface area contributed by atoms with E-state index in [9.17, 15) is 13.2 Å². The average Bonchev–Trinajstić information content (AvgIpc) is 2.41. The molecule has 1 heterocycles. The van der Waals surface area contributed by atoms with Crippen molar-refractivity contribution in [2.45, 2.75) is 32.6 Å². The third-order valence-electron chi connectivity index (χ3n) is 2.89. The third kappa shape index (κ3) is 6.77. The molecule has 0 aliphatic carbocycles. The SMILES string of the molecule is COCCNCc1ccc(N(CC(F)(F)F)C(C)C)nc1. The Hall–Kier alpha value is -1.34. The Balaban J connectivity index is 2.65. The van der Waals surface area contributed by atoms with Gasteiger partial charge in [-0.25, -0.2) is 4.98 Å². The van der Waals surface area contributed by atoms with E-state index in [0.29, 0.717) is 25.5 Å². The summed E-state index contributed by atoms with van der Waals surface area (Å²) in [4.78, 5) is 5.38. The number of anilines is 1. The van der Waals surface area contributed by atoms with E-state index in [1.165, 1.54) is 4.90 Å². The Labute approximate surface area is 123 Å². The lowest BCUT2D eigenvalue weighted by Crippen LogP contribution is -2.39. The zero-order valence-electron chi connectivity index (χ0n) is 12.6. The van der Waals surface area contributed by atoms with Crippen molar-refractivity contribution in [1.82, 2.24) is 10.3 Å². The maximum absolute atomic E-state index is 12.6. The van der Waals surface area contributed by atoms with E-state index < -0.39 is 12.7 Å². The largest absolute Gasteiger partial charge is 0.405 e. The second-order valence-electron chi connectivity index (χ2n) is 5.03. The van der Waals surface area contributed by atoms with Crippen LogP contribution in [-0.4, -0.2) is 44.0 Å². The van der Waals surface area contributed by atoms with Gasteiger partial charge in [0, 0.05) is 32.4 Å². The van der Waals surface area contributed by atoms with Crippen LogP contribution < -0.4 is 10.2 Å². The third-order valence-corrected chi connectivity index (χ3v) is 2.89. The fraction of sp³-hybridized carbons (Fsp3) is 0.643. The molecule has 0 spiro atoms. The van der Waals surface area contributed by atoms with Gasteiger partial charge >= 0.3 is 6.18 Å². The van der Waals surface area contributed by atoms with Crippen LogP contribution in [0.15, 0.2) is 18.3 Å². The Morgan fingerprint density at radius 2 is 2.05 bits per heavy atom. The van der Waals surface area contributed by atoms with Crippen molar-refractivity contribution in [3.8, 4) is 0 Å². The van der Waals surface area contributed by atoms with Crippen molar-refractivity contribution in [3.63, 3.8) is 0 Å². The molecule has 0 saturated carbocycles. The number of aromatic nitrogens is 1. The molecule has 1 aromatic heterocycles. The van der Waals surface area contributed by atoms with Crippen molar-refractivity contribution in [3.05, 3.63) is 23.9 Å². The van der Waals surface area contributed by atoms with E-state index in [2.05, 4.69) is 10.3 Å². The lowest BCUT2D eigenvalue weighted by atomic mass is 10.2. The number of hydrogen-bond acceptors (Lipinski definition) is 4. The molecule has 0 amide bonds. The molecule has 1 aromatic rings. The summed E-state index contributed by atoms with van der Waals surface area (Å²) in [6.45, 7) is 4.37. The van der Waals surface area contributed by atoms with Crippen molar-refractivity contribution >= 4 is 5.82 Å². The second kappa shape index (κ2) is 8.19. The molecule has 21 heavy (non-hydrogen) atoms. The van der Waals surface area contributed by atoms with Gasteiger partial charge in [-0.2, -0.15) is 13.2 Å². The van der Waals surface area contributed by atoms with Crippen LogP contribution in [0.5, 0.6) is 0 Å². The van der Waals surface area contributed by atoms with Gasteiger partial charge in [-0.05, 0) is 25.5 Å². The lowest BCUT2D eigenvalue weighted by molar-refractivity contribution is -0.120. The van der Waals surface area contributed by atoms with E-state index in [4.69, 9.17) is 4.74 Å². The molecule has 4 nitrogen and oxygen atoms in total. The fourth-order valence-electron chi connectivity index (χ4n) is 1.82. The summed E-state index contributed by atoms with van der Waals surface area (Å²) in [5.74, 6) is 0.336. The van der Waals surface area contributed by atoms with Crippen LogP contribution in [-0.2, 0) is 11.3 Å². The van der Waals surface area contributed by atoms with Gasteiger partial charge in [0.1, 0.15) is 12.4 Å². The highest BCUT2D eigenvalue weighted by Gasteiger charge is 2.32. The van der Waals surface area contributed by atoms with Gasteiger partial charge < -0.3 is 15.0 Å². The Bertz CT molecular complexity index is 407. The van der Waals surface area contributed by atoms with Gasteiger partial charge in [-0.1, -0.05) is 6.07 Å². The Kier molecular flexibility index (Phi) is 6.91. The van der Waals surface area contributed by atoms with Crippen LogP contribution in [0.1, 0.15) is 19.4 Å². The molecule has 0 atom stereocenters. The van der Waals surface area contributed by atoms with E-state index in [1.54, 1.807) is 39.3 Å². The molecule has 7 heteroatoms. The molecule has 0 fully saturated rings. The van der Waals surface area contributed by atoms with Gasteiger partial charge in [0.05, 0.1) is 6.61 Å². The minimum absolute atomic E-state index is 0.273. The molecular weight excluding hydrogens is 283 g/mol. The maximum atomic E-state index is 12.6. The number of nitrogens with one attached hydrogen (secondary N) is 1. The van der Waals surface area contributed by atoms with E-state index in [0.717, 1.165) is 5.56 Å². The highest BCUT2D eigenvalue weighted by Crippen LogP contribution is 2.22. The van der Waals surface area contributed by atoms with E-state index >= 15 is 0 Å². The van der Waals surface area contributed by atoms with Gasteiger partial charge in [0.15, 0.2) is 0 Å². The van der Waals surface area contributed by atoms with Crippen molar-refractivity contribution in [1.29, 1.82) is 0 Å². The van der Waals surface area contributed by atoms with Crippen LogP contribution in [0.4, 0.5) is 19.0 Å². The van der Waals surface area contributed by atoms with Gasteiger partial charge in [0.2, 0.25) is 0 Å². The number of hydrogen-bond donors (Lipinski definition) is 1. The lowest BCUT2D eigenvalue weighted by Gasteiger charge is -2.28. The molecule has 0 aromatic carbocycles. The van der Waals surface area contributed by atoms with Gasteiger partial charge in [0.25, 0.3) is 0 Å². The Morgan fingerprint density at radius 3 is 2.52 bits per heavy atom. The summed E-state index contributed by atoms with van der Waals surface area (Å²) in [7, 11) is 1.62. The van der Waals surface area contributed by atoms with Crippen LogP contribution in [0.2, 0.25) is 0 Å². The van der Waals surface area contributed by atoms with Crippen molar-refractivity contribution < 1.29 is 17.9 Å². The molecule has 0 unspecified atom stereocenters. The van der Waals surface area contributed by atoms with Crippen LogP contribution >= 0.6 is 0 Å². The summed E-state index contributed by atoms with van der Waals surface area (Å²) in [5.41, 5.74) is 0.922. The standard InChI is InChI=1S/C14H22F3N3O/c1-11(2)20(10-14(15,16)17)13-5-4-12(9-19-13)8-18-6-7-21-3/h4-5,9,11,18H,6-8,10H2,1-3H3. The molecule has 0 bridgehead atoms. The first kappa shape index (κ1) is 17.7. The average molecular weight is 305 g/mol. The number of nitrogens with zero attached hydrogens (tertiary/aromatic N) is 2. The fourth-order valence-corrected chi connectivity index (χ4v) is 1.82. The molecule has 0 saturated heterocycles. The van der Waals surface area contributed by atoms with Gasteiger partial charge in [-0.3, -0.25) is 0 Å². The first-order chi connectivity index (χ1) is 9.83. The van der Waals surface area contributed by atoms with Crippen LogP contribution in [0.25, 0.3) is 0 Å². The predicted molar refractivity (Wildman–Crippen MR) is 76.4 cm³/mol. The quantitative estimate of drug-likeness (QED) is 0.749. The molecule has 1 N–H and O–H groups in total. The summed E-state index contributed by atoms with van der Waals surface area (Å²) in [6, 6.07) is 3.14. The molecular formula is C14H22F3N3O. The molecule has 120 valence electrons. The number of rotatable bonds is 8. The number of halogens is 3. The molecule has 0 aliphatic heterocycles. The minimum Gasteiger partial charge on any atom is -0.383 e. The Morgan fingerprint density at radius 1 is 1.33 bits per heavy atom.